The zero-order valence-corrected chi connectivity index (χ0v) is 7.99. The summed E-state index contributed by atoms with van der Waals surface area (Å²) in [4.78, 5) is 11.1. The number of Topliss-reactive ketones (excluding diaryl/α,β-unsaturated/α-hetero) is 1. The minimum atomic E-state index is -0.768. The van der Waals surface area contributed by atoms with Crippen LogP contribution in [0, 0.1) is 5.82 Å². The molecule has 0 heterocycles. The zero-order chi connectivity index (χ0) is 10.0. The van der Waals surface area contributed by atoms with Crippen molar-refractivity contribution in [1.82, 2.24) is 0 Å². The van der Waals surface area contributed by atoms with Gasteiger partial charge in [0.25, 0.3) is 0 Å². The molecule has 2 N–H and O–H groups in total. The van der Waals surface area contributed by atoms with Gasteiger partial charge in [0.15, 0.2) is 11.6 Å². The summed E-state index contributed by atoms with van der Waals surface area (Å²) in [5.74, 6) is -1.60. The van der Waals surface area contributed by atoms with Gasteiger partial charge >= 0.3 is 0 Å². The molecule has 5 heteroatoms. The van der Waals surface area contributed by atoms with Gasteiger partial charge in [-0.1, -0.05) is 11.6 Å². The molecule has 0 aliphatic rings. The number of alkyl halides is 1. The number of hydrogen-bond acceptors (Lipinski definition) is 2. The summed E-state index contributed by atoms with van der Waals surface area (Å²) in [5.41, 5.74) is 4.94. The molecule has 0 saturated heterocycles. The molecule has 0 spiro atoms. The molecule has 1 aromatic rings. The van der Waals surface area contributed by atoms with E-state index in [1.54, 1.807) is 0 Å². The van der Waals surface area contributed by atoms with Gasteiger partial charge < -0.3 is 5.73 Å². The molecule has 1 rings (SSSR count). The number of ketones is 1. The molecule has 0 aliphatic carbocycles. The fourth-order valence-electron chi connectivity index (χ4n) is 0.885. The fourth-order valence-corrected chi connectivity index (χ4v) is 1.26. The van der Waals surface area contributed by atoms with Gasteiger partial charge in [-0.3, -0.25) is 4.79 Å². The number of halogens is 3. The van der Waals surface area contributed by atoms with Crippen molar-refractivity contribution in [1.29, 1.82) is 0 Å². The van der Waals surface area contributed by atoms with Crippen LogP contribution in [-0.4, -0.2) is 11.7 Å². The van der Waals surface area contributed by atoms with E-state index in [-0.39, 0.29) is 22.2 Å². The highest BCUT2D eigenvalue weighted by Gasteiger charge is 2.14. The van der Waals surface area contributed by atoms with Crippen molar-refractivity contribution in [2.45, 2.75) is 0 Å². The van der Waals surface area contributed by atoms with Gasteiger partial charge in [0.2, 0.25) is 0 Å². The topological polar surface area (TPSA) is 43.1 Å². The molecule has 2 nitrogen and oxygen atoms in total. The van der Waals surface area contributed by atoms with E-state index in [1.807, 2.05) is 0 Å². The standard InChI is InChI=1S/C8H6Cl2FNO/c9-3-7(13)5-1-4(10)2-6(12)8(5)11/h1-2H,3,12H2. The predicted octanol–water partition coefficient (Wildman–Crippen LogP) is 2.48. The third kappa shape index (κ3) is 2.11. The third-order valence-corrected chi connectivity index (χ3v) is 1.95. The van der Waals surface area contributed by atoms with E-state index in [1.165, 1.54) is 12.1 Å². The van der Waals surface area contributed by atoms with Crippen LogP contribution in [0.3, 0.4) is 0 Å². The van der Waals surface area contributed by atoms with Gasteiger partial charge in [-0.05, 0) is 12.1 Å². The van der Waals surface area contributed by atoms with Crippen molar-refractivity contribution < 1.29 is 9.18 Å². The summed E-state index contributed by atoms with van der Waals surface area (Å²) in [6.45, 7) is 0. The molecule has 0 atom stereocenters. The number of rotatable bonds is 2. The highest BCUT2D eigenvalue weighted by Crippen LogP contribution is 2.22. The maximum Gasteiger partial charge on any atom is 0.180 e. The van der Waals surface area contributed by atoms with E-state index in [4.69, 9.17) is 28.9 Å². The molecule has 1 aromatic carbocycles. The van der Waals surface area contributed by atoms with Gasteiger partial charge in [-0.25, -0.2) is 4.39 Å². The molecule has 0 radical (unpaired) electrons. The molecular formula is C8H6Cl2FNO. The molecule has 0 fully saturated rings. The van der Waals surface area contributed by atoms with Crippen LogP contribution in [0.25, 0.3) is 0 Å². The van der Waals surface area contributed by atoms with Crippen LogP contribution in [0.15, 0.2) is 12.1 Å². The minimum absolute atomic E-state index is 0.152. The van der Waals surface area contributed by atoms with Gasteiger partial charge in [0.05, 0.1) is 17.1 Å². The predicted molar refractivity (Wildman–Crippen MR) is 50.9 cm³/mol. The maximum absolute atomic E-state index is 13.2. The molecule has 0 bridgehead atoms. The Kier molecular flexibility index (Phi) is 3.12. The van der Waals surface area contributed by atoms with E-state index in [2.05, 4.69) is 0 Å². The van der Waals surface area contributed by atoms with Crippen LogP contribution < -0.4 is 5.73 Å². The van der Waals surface area contributed by atoms with Crippen LogP contribution in [-0.2, 0) is 0 Å². The Morgan fingerprint density at radius 2 is 2.15 bits per heavy atom. The summed E-state index contributed by atoms with van der Waals surface area (Å²) in [7, 11) is 0. The van der Waals surface area contributed by atoms with E-state index in [9.17, 15) is 9.18 Å². The summed E-state index contributed by atoms with van der Waals surface area (Å²) in [5, 5.41) is 0.215. The van der Waals surface area contributed by atoms with E-state index in [0.717, 1.165) is 0 Å². The van der Waals surface area contributed by atoms with E-state index < -0.39 is 11.6 Å². The average molecular weight is 222 g/mol. The van der Waals surface area contributed by atoms with Crippen molar-refractivity contribution in [2.24, 2.45) is 0 Å². The van der Waals surface area contributed by atoms with Crippen molar-refractivity contribution in [2.75, 3.05) is 11.6 Å². The summed E-state index contributed by atoms with van der Waals surface area (Å²) in [6, 6.07) is 2.44. The van der Waals surface area contributed by atoms with Crippen molar-refractivity contribution in [3.8, 4) is 0 Å². The summed E-state index contributed by atoms with van der Waals surface area (Å²) >= 11 is 10.8. The molecule has 0 aliphatic heterocycles. The highest BCUT2D eigenvalue weighted by molar-refractivity contribution is 6.33. The number of hydrogen-bond donors (Lipinski definition) is 1. The van der Waals surface area contributed by atoms with E-state index >= 15 is 0 Å². The summed E-state index contributed by atoms with van der Waals surface area (Å²) < 4.78 is 13.2. The first-order valence-corrected chi connectivity index (χ1v) is 4.31. The molecule has 13 heavy (non-hydrogen) atoms. The number of anilines is 1. The first-order valence-electron chi connectivity index (χ1n) is 3.40. The Balaban J connectivity index is 3.28. The highest BCUT2D eigenvalue weighted by atomic mass is 35.5. The van der Waals surface area contributed by atoms with E-state index in [0.29, 0.717) is 0 Å². The average Bonchev–Trinajstić information content (AvgIpc) is 2.10. The Labute approximate surface area is 84.4 Å². The molecular weight excluding hydrogens is 216 g/mol. The van der Waals surface area contributed by atoms with Gasteiger partial charge in [0.1, 0.15) is 0 Å². The van der Waals surface area contributed by atoms with Crippen molar-refractivity contribution in [3.63, 3.8) is 0 Å². The molecule has 0 unspecified atom stereocenters. The molecule has 0 aromatic heterocycles. The number of carbonyl (C=O) groups is 1. The number of carbonyl (C=O) groups excluding carboxylic acids is 1. The second-order valence-electron chi connectivity index (χ2n) is 2.41. The molecule has 70 valence electrons. The van der Waals surface area contributed by atoms with Crippen LogP contribution in [0.1, 0.15) is 10.4 Å². The summed E-state index contributed by atoms with van der Waals surface area (Å²) in [6.07, 6.45) is 0. The maximum atomic E-state index is 13.2. The van der Waals surface area contributed by atoms with Crippen LogP contribution in [0.2, 0.25) is 5.02 Å². The SMILES string of the molecule is Nc1cc(Cl)cc(C(=O)CCl)c1F. The normalized spacial score (nSPS) is 10.1. The second-order valence-corrected chi connectivity index (χ2v) is 3.12. The first kappa shape index (κ1) is 10.3. The van der Waals surface area contributed by atoms with Gasteiger partial charge in [-0.2, -0.15) is 0 Å². The van der Waals surface area contributed by atoms with Crippen LogP contribution in [0.5, 0.6) is 0 Å². The Hall–Kier alpha value is -0.800. The van der Waals surface area contributed by atoms with Crippen molar-refractivity contribution in [3.05, 3.63) is 28.5 Å². The molecule has 0 amide bonds. The first-order chi connectivity index (χ1) is 6.06. The lowest BCUT2D eigenvalue weighted by Gasteiger charge is -2.03. The number of nitrogens with two attached hydrogens (primary N) is 1. The zero-order valence-electron chi connectivity index (χ0n) is 6.48. The lowest BCUT2D eigenvalue weighted by molar-refractivity contribution is 0.101. The Morgan fingerprint density at radius 3 is 2.69 bits per heavy atom. The lowest BCUT2D eigenvalue weighted by Crippen LogP contribution is -2.06. The fraction of sp³-hybridized carbons (Fsp3) is 0.125. The number of benzene rings is 1. The Bertz CT molecular complexity index is 354. The Morgan fingerprint density at radius 1 is 1.54 bits per heavy atom. The van der Waals surface area contributed by atoms with Crippen LogP contribution >= 0.6 is 23.2 Å². The van der Waals surface area contributed by atoms with Crippen LogP contribution in [0.4, 0.5) is 10.1 Å². The smallest absolute Gasteiger partial charge is 0.180 e. The minimum Gasteiger partial charge on any atom is -0.396 e. The monoisotopic (exact) mass is 221 g/mol. The molecule has 0 saturated carbocycles. The van der Waals surface area contributed by atoms with Gasteiger partial charge in [0, 0.05) is 5.02 Å². The third-order valence-electron chi connectivity index (χ3n) is 1.49. The largest absolute Gasteiger partial charge is 0.396 e. The number of nitrogen functional groups attached to an aromatic ring is 1. The van der Waals surface area contributed by atoms with Crippen molar-refractivity contribution >= 4 is 34.7 Å². The lowest BCUT2D eigenvalue weighted by atomic mass is 10.1. The quantitative estimate of drug-likeness (QED) is 0.474. The second kappa shape index (κ2) is 3.94. The van der Waals surface area contributed by atoms with Gasteiger partial charge in [-0.15, -0.1) is 11.6 Å².